The van der Waals surface area contributed by atoms with Crippen LogP contribution in [0.2, 0.25) is 5.02 Å². The lowest BCUT2D eigenvalue weighted by Gasteiger charge is -2.34. The van der Waals surface area contributed by atoms with Crippen LogP contribution in [0.5, 0.6) is 23.0 Å². The van der Waals surface area contributed by atoms with E-state index in [1.807, 2.05) is 36.4 Å². The van der Waals surface area contributed by atoms with Crippen LogP contribution >= 0.6 is 11.6 Å². The molecule has 278 valence electrons. The standard InChI is InChI=1S/C41H44ClN3O8/c1-26-30(8-7-9-33(26)29-11-12-36-39(16-29)53-32(25-52-36)17-40(47-2)48-3)24-51-38-18-37(50-23-28-14-27(19-43)20-44-21-28)31(15-34(38)42)22-45-13-6-5-10-35(45)41(46)49-4/h7-9,11-12,14-16,18,20-21,32,35,40H,5-6,10,13,17,22-25H2,1-4H3/t32?,35-/m0/s1. The van der Waals surface area contributed by atoms with Crippen LogP contribution in [-0.2, 0) is 38.8 Å². The number of nitrogens with zero attached hydrogens (tertiary/aromatic N) is 3. The number of ether oxygens (including phenoxy) is 7. The minimum absolute atomic E-state index is 0.174. The van der Waals surface area contributed by atoms with E-state index in [1.54, 1.807) is 32.5 Å². The van der Waals surface area contributed by atoms with Gasteiger partial charge in [0.25, 0.3) is 0 Å². The number of likely N-dealkylation sites (tertiary alicyclic amines) is 1. The second-order valence-electron chi connectivity index (χ2n) is 13.1. The van der Waals surface area contributed by atoms with E-state index in [0.29, 0.717) is 53.2 Å². The van der Waals surface area contributed by atoms with Crippen LogP contribution in [0.4, 0.5) is 0 Å². The molecule has 0 N–H and O–H groups in total. The third-order valence-electron chi connectivity index (χ3n) is 9.68. The van der Waals surface area contributed by atoms with Crippen molar-refractivity contribution in [3.63, 3.8) is 0 Å². The van der Waals surface area contributed by atoms with Crippen molar-refractivity contribution >= 4 is 17.6 Å². The number of esters is 1. The van der Waals surface area contributed by atoms with Crippen molar-refractivity contribution in [2.45, 2.75) is 70.8 Å². The van der Waals surface area contributed by atoms with Crippen LogP contribution in [0.25, 0.3) is 11.1 Å². The number of carbonyl (C=O) groups excluding carboxylic acids is 1. The number of rotatable bonds is 14. The number of fused-ring (bicyclic) bond motifs is 1. The number of benzene rings is 3. The Labute approximate surface area is 315 Å². The average Bonchev–Trinajstić information content (AvgIpc) is 3.19. The van der Waals surface area contributed by atoms with E-state index in [1.165, 1.54) is 13.3 Å². The van der Waals surface area contributed by atoms with Gasteiger partial charge in [-0.1, -0.05) is 42.3 Å². The first kappa shape index (κ1) is 37.9. The highest BCUT2D eigenvalue weighted by Gasteiger charge is 2.31. The Kier molecular flexibility index (Phi) is 12.7. The Morgan fingerprint density at radius 1 is 1.00 bits per heavy atom. The predicted octanol–water partition coefficient (Wildman–Crippen LogP) is 7.42. The molecule has 2 aliphatic heterocycles. The summed E-state index contributed by atoms with van der Waals surface area (Å²) in [5, 5.41) is 9.78. The van der Waals surface area contributed by atoms with Crippen LogP contribution in [0, 0.1) is 18.3 Å². The van der Waals surface area contributed by atoms with Crippen molar-refractivity contribution in [3.05, 3.63) is 99.8 Å². The molecule has 2 atom stereocenters. The van der Waals surface area contributed by atoms with Crippen LogP contribution in [0.15, 0.2) is 67.0 Å². The average molecular weight is 742 g/mol. The fourth-order valence-electron chi connectivity index (χ4n) is 6.75. The number of halogens is 1. The Hall–Kier alpha value is -4.86. The van der Waals surface area contributed by atoms with E-state index in [2.05, 4.69) is 28.9 Å². The molecule has 1 fully saturated rings. The maximum atomic E-state index is 12.6. The van der Waals surface area contributed by atoms with Crippen molar-refractivity contribution in [2.75, 3.05) is 34.5 Å². The van der Waals surface area contributed by atoms with Crippen LogP contribution < -0.4 is 18.9 Å². The third-order valence-corrected chi connectivity index (χ3v) is 9.97. The van der Waals surface area contributed by atoms with Gasteiger partial charge in [-0.15, -0.1) is 0 Å². The molecule has 3 heterocycles. The smallest absolute Gasteiger partial charge is 0.323 e. The van der Waals surface area contributed by atoms with Gasteiger partial charge in [0.15, 0.2) is 17.8 Å². The van der Waals surface area contributed by atoms with Gasteiger partial charge in [0.05, 0.1) is 17.7 Å². The van der Waals surface area contributed by atoms with Gasteiger partial charge in [-0.25, -0.2) is 0 Å². The monoisotopic (exact) mass is 741 g/mol. The zero-order valence-electron chi connectivity index (χ0n) is 30.4. The molecule has 53 heavy (non-hydrogen) atoms. The second-order valence-corrected chi connectivity index (χ2v) is 13.5. The summed E-state index contributed by atoms with van der Waals surface area (Å²) in [7, 11) is 4.63. The molecular formula is C41H44ClN3O8. The zero-order valence-corrected chi connectivity index (χ0v) is 31.2. The zero-order chi connectivity index (χ0) is 37.3. The Morgan fingerprint density at radius 2 is 1.83 bits per heavy atom. The maximum Gasteiger partial charge on any atom is 0.323 e. The number of pyridine rings is 1. The number of aromatic nitrogens is 1. The van der Waals surface area contributed by atoms with Crippen molar-refractivity contribution in [1.29, 1.82) is 5.26 Å². The van der Waals surface area contributed by atoms with Gasteiger partial charge in [-0.2, -0.15) is 5.26 Å². The topological polar surface area (TPSA) is 122 Å². The summed E-state index contributed by atoms with van der Waals surface area (Å²) in [6.45, 7) is 4.08. The minimum atomic E-state index is -0.382. The lowest BCUT2D eigenvalue weighted by Crippen LogP contribution is -2.44. The van der Waals surface area contributed by atoms with Crippen LogP contribution in [-0.4, -0.2) is 68.8 Å². The number of methoxy groups -OCH3 is 3. The summed E-state index contributed by atoms with van der Waals surface area (Å²) in [5.74, 6) is 2.13. The molecule has 11 nitrogen and oxygen atoms in total. The quantitative estimate of drug-likeness (QED) is 0.0949. The molecule has 3 aromatic carbocycles. The summed E-state index contributed by atoms with van der Waals surface area (Å²) >= 11 is 6.89. The van der Waals surface area contributed by atoms with Gasteiger partial charge in [0.1, 0.15) is 49.5 Å². The fourth-order valence-corrected chi connectivity index (χ4v) is 6.99. The lowest BCUT2D eigenvalue weighted by molar-refractivity contribution is -0.148. The van der Waals surface area contributed by atoms with E-state index in [0.717, 1.165) is 59.2 Å². The summed E-state index contributed by atoms with van der Waals surface area (Å²) < 4.78 is 40.8. The third kappa shape index (κ3) is 9.21. The normalized spacial score (nSPS) is 16.9. The summed E-state index contributed by atoms with van der Waals surface area (Å²) in [6, 6.07) is 19.2. The predicted molar refractivity (Wildman–Crippen MR) is 198 cm³/mol. The van der Waals surface area contributed by atoms with E-state index in [9.17, 15) is 10.1 Å². The van der Waals surface area contributed by atoms with Gasteiger partial charge in [-0.3, -0.25) is 14.7 Å². The van der Waals surface area contributed by atoms with E-state index < -0.39 is 0 Å². The number of piperidine rings is 1. The summed E-state index contributed by atoms with van der Waals surface area (Å²) in [5.41, 5.74) is 6.05. The molecule has 0 saturated carbocycles. The van der Waals surface area contributed by atoms with Crippen molar-refractivity contribution < 1.29 is 38.0 Å². The Bertz CT molecular complexity index is 1950. The number of hydrogen-bond donors (Lipinski definition) is 0. The SMILES string of the molecule is COC(=O)[C@@H]1CCCCN1Cc1cc(Cl)c(OCc2cccc(-c3ccc4c(c3)OC(CC(OC)OC)CO4)c2C)cc1OCc1cncc(C#N)c1. The van der Waals surface area contributed by atoms with Crippen molar-refractivity contribution in [3.8, 4) is 40.2 Å². The van der Waals surface area contributed by atoms with E-state index in [4.69, 9.17) is 44.8 Å². The Balaban J connectivity index is 1.22. The summed E-state index contributed by atoms with van der Waals surface area (Å²) in [4.78, 5) is 18.9. The minimum Gasteiger partial charge on any atom is -0.488 e. The number of nitriles is 1. The largest absolute Gasteiger partial charge is 0.488 e. The van der Waals surface area contributed by atoms with Gasteiger partial charge in [0.2, 0.25) is 0 Å². The lowest BCUT2D eigenvalue weighted by atomic mass is 9.96. The van der Waals surface area contributed by atoms with E-state index in [-0.39, 0.29) is 37.6 Å². The Morgan fingerprint density at radius 3 is 2.62 bits per heavy atom. The first-order chi connectivity index (χ1) is 25.8. The molecule has 0 bridgehead atoms. The number of carbonyl (C=O) groups is 1. The molecule has 1 unspecified atom stereocenters. The molecule has 0 amide bonds. The van der Waals surface area contributed by atoms with E-state index >= 15 is 0 Å². The molecule has 1 saturated heterocycles. The molecule has 6 rings (SSSR count). The van der Waals surface area contributed by atoms with Gasteiger partial charge < -0.3 is 33.2 Å². The fraction of sp³-hybridized carbons (Fsp3) is 0.390. The maximum absolute atomic E-state index is 12.6. The molecule has 0 radical (unpaired) electrons. The highest BCUT2D eigenvalue weighted by Crippen LogP contribution is 2.39. The molecule has 4 aromatic rings. The van der Waals surface area contributed by atoms with Gasteiger partial charge >= 0.3 is 5.97 Å². The van der Waals surface area contributed by atoms with Crippen LogP contribution in [0.3, 0.4) is 0 Å². The summed E-state index contributed by atoms with van der Waals surface area (Å²) in [6.07, 6.45) is 5.77. The molecule has 0 spiro atoms. The second kappa shape index (κ2) is 17.8. The molecule has 2 aliphatic rings. The van der Waals surface area contributed by atoms with Crippen LogP contribution in [0.1, 0.15) is 53.5 Å². The molecule has 0 aliphatic carbocycles. The molecular weight excluding hydrogens is 698 g/mol. The van der Waals surface area contributed by atoms with Crippen molar-refractivity contribution in [2.24, 2.45) is 0 Å². The highest BCUT2D eigenvalue weighted by atomic mass is 35.5. The first-order valence-electron chi connectivity index (χ1n) is 17.6. The van der Waals surface area contributed by atoms with Gasteiger partial charge in [0, 0.05) is 56.8 Å². The molecule has 12 heteroatoms. The van der Waals surface area contributed by atoms with Gasteiger partial charge in [-0.05, 0) is 72.8 Å². The molecule has 1 aromatic heterocycles. The first-order valence-corrected chi connectivity index (χ1v) is 18.0. The highest BCUT2D eigenvalue weighted by molar-refractivity contribution is 6.32. The number of hydrogen-bond acceptors (Lipinski definition) is 11. The van der Waals surface area contributed by atoms with Crippen molar-refractivity contribution in [1.82, 2.24) is 9.88 Å².